The van der Waals surface area contributed by atoms with Gasteiger partial charge in [-0.1, -0.05) is 11.6 Å². The number of halogens is 3. The Kier molecular flexibility index (Phi) is 4.05. The minimum Gasteiger partial charge on any atom is -0.354 e. The van der Waals surface area contributed by atoms with Crippen LogP contribution in [0.2, 0.25) is 0 Å². The van der Waals surface area contributed by atoms with Crippen LogP contribution in [0.25, 0.3) is 10.9 Å². The van der Waals surface area contributed by atoms with Crippen LogP contribution in [0.1, 0.15) is 30.1 Å². The van der Waals surface area contributed by atoms with E-state index in [1.807, 2.05) is 25.1 Å². The second-order valence-electron chi connectivity index (χ2n) is 6.64. The van der Waals surface area contributed by atoms with E-state index in [4.69, 9.17) is 0 Å². The van der Waals surface area contributed by atoms with Crippen LogP contribution < -0.4 is 4.90 Å². The second kappa shape index (κ2) is 6.26. The molecule has 1 aliphatic heterocycles. The number of fused-ring (bicyclic) bond motifs is 1. The standard InChI is InChI=1S/C18H18F3N5/c1-12-4-5-15-14(9-12)17(23-11-22-15)25-7-2-3-13(10-25)26-8-6-16(24-26)18(19,20)21/h4-6,8-9,11,13H,2-3,7,10H2,1H3. The highest BCUT2D eigenvalue weighted by atomic mass is 19.4. The average Bonchev–Trinajstić information content (AvgIpc) is 3.12. The zero-order valence-electron chi connectivity index (χ0n) is 14.2. The molecule has 1 aliphatic rings. The third-order valence-corrected chi connectivity index (χ3v) is 4.74. The summed E-state index contributed by atoms with van der Waals surface area (Å²) in [6.45, 7) is 3.39. The molecule has 8 heteroatoms. The monoisotopic (exact) mass is 361 g/mol. The van der Waals surface area contributed by atoms with Crippen molar-refractivity contribution in [3.63, 3.8) is 0 Å². The maximum Gasteiger partial charge on any atom is 0.435 e. The van der Waals surface area contributed by atoms with E-state index < -0.39 is 11.9 Å². The maximum absolute atomic E-state index is 12.8. The molecule has 1 aromatic carbocycles. The van der Waals surface area contributed by atoms with E-state index in [0.717, 1.165) is 47.7 Å². The topological polar surface area (TPSA) is 46.8 Å². The molecule has 0 amide bonds. The van der Waals surface area contributed by atoms with E-state index >= 15 is 0 Å². The van der Waals surface area contributed by atoms with Crippen molar-refractivity contribution in [2.45, 2.75) is 32.0 Å². The number of alkyl halides is 3. The highest BCUT2D eigenvalue weighted by molar-refractivity contribution is 5.89. The molecule has 0 bridgehead atoms. The first-order valence-electron chi connectivity index (χ1n) is 8.50. The van der Waals surface area contributed by atoms with Crippen LogP contribution in [0.5, 0.6) is 0 Å². The predicted molar refractivity (Wildman–Crippen MR) is 92.0 cm³/mol. The van der Waals surface area contributed by atoms with E-state index in [-0.39, 0.29) is 6.04 Å². The molecular formula is C18H18F3N5. The molecule has 136 valence electrons. The second-order valence-corrected chi connectivity index (χ2v) is 6.64. The molecule has 3 heterocycles. The molecule has 1 atom stereocenters. The molecule has 0 aliphatic carbocycles. The highest BCUT2D eigenvalue weighted by Crippen LogP contribution is 2.32. The number of anilines is 1. The number of hydrogen-bond donors (Lipinski definition) is 0. The molecule has 0 radical (unpaired) electrons. The molecule has 1 saturated heterocycles. The zero-order valence-corrected chi connectivity index (χ0v) is 14.2. The summed E-state index contributed by atoms with van der Waals surface area (Å²) in [6, 6.07) is 6.92. The molecule has 3 aromatic rings. The Balaban J connectivity index is 1.63. The van der Waals surface area contributed by atoms with E-state index in [0.29, 0.717) is 6.54 Å². The van der Waals surface area contributed by atoms with E-state index in [9.17, 15) is 13.2 Å². The number of aryl methyl sites for hydroxylation is 1. The largest absolute Gasteiger partial charge is 0.435 e. The molecule has 0 spiro atoms. The summed E-state index contributed by atoms with van der Waals surface area (Å²) in [6.07, 6.45) is 0.187. The fourth-order valence-electron chi connectivity index (χ4n) is 3.46. The highest BCUT2D eigenvalue weighted by Gasteiger charge is 2.34. The van der Waals surface area contributed by atoms with E-state index in [1.165, 1.54) is 17.2 Å². The van der Waals surface area contributed by atoms with Crippen LogP contribution in [-0.2, 0) is 6.18 Å². The van der Waals surface area contributed by atoms with Crippen molar-refractivity contribution >= 4 is 16.7 Å². The first-order valence-corrected chi connectivity index (χ1v) is 8.50. The summed E-state index contributed by atoms with van der Waals surface area (Å²) in [5, 5.41) is 4.70. The summed E-state index contributed by atoms with van der Waals surface area (Å²) in [4.78, 5) is 10.9. The van der Waals surface area contributed by atoms with E-state index in [1.54, 1.807) is 0 Å². The lowest BCUT2D eigenvalue weighted by Crippen LogP contribution is -2.37. The lowest BCUT2D eigenvalue weighted by Gasteiger charge is -2.34. The van der Waals surface area contributed by atoms with Crippen molar-refractivity contribution < 1.29 is 13.2 Å². The first-order chi connectivity index (χ1) is 12.4. The van der Waals surface area contributed by atoms with E-state index in [2.05, 4.69) is 20.0 Å². The molecular weight excluding hydrogens is 343 g/mol. The number of benzene rings is 1. The predicted octanol–water partition coefficient (Wildman–Crippen LogP) is 4.00. The summed E-state index contributed by atoms with van der Waals surface area (Å²) in [7, 11) is 0. The van der Waals surface area contributed by atoms with Gasteiger partial charge in [0.1, 0.15) is 12.1 Å². The van der Waals surface area contributed by atoms with Gasteiger partial charge in [0, 0.05) is 24.7 Å². The Hall–Kier alpha value is -2.64. The average molecular weight is 361 g/mol. The Morgan fingerprint density at radius 1 is 1.15 bits per heavy atom. The molecule has 5 nitrogen and oxygen atoms in total. The van der Waals surface area contributed by atoms with Gasteiger partial charge in [0.2, 0.25) is 0 Å². The Morgan fingerprint density at radius 2 is 2.00 bits per heavy atom. The Morgan fingerprint density at radius 3 is 2.77 bits per heavy atom. The SMILES string of the molecule is Cc1ccc2ncnc(N3CCCC(n4ccc(C(F)(F)F)n4)C3)c2c1. The molecule has 2 aromatic heterocycles. The fourth-order valence-corrected chi connectivity index (χ4v) is 3.46. The van der Waals surface area contributed by atoms with Crippen LogP contribution in [0, 0.1) is 6.92 Å². The van der Waals surface area contributed by atoms with Crippen molar-refractivity contribution in [2.75, 3.05) is 18.0 Å². The third kappa shape index (κ3) is 3.11. The summed E-state index contributed by atoms with van der Waals surface area (Å²) in [5.41, 5.74) is 1.13. The lowest BCUT2D eigenvalue weighted by atomic mass is 10.0. The molecule has 26 heavy (non-hydrogen) atoms. The third-order valence-electron chi connectivity index (χ3n) is 4.74. The summed E-state index contributed by atoms with van der Waals surface area (Å²) < 4.78 is 39.9. The minimum atomic E-state index is -4.42. The van der Waals surface area contributed by atoms with Crippen molar-refractivity contribution in [3.05, 3.63) is 48.0 Å². The van der Waals surface area contributed by atoms with Gasteiger partial charge in [0.05, 0.1) is 11.6 Å². The molecule has 1 fully saturated rings. The van der Waals surface area contributed by atoms with Gasteiger partial charge in [0.15, 0.2) is 5.69 Å². The Bertz CT molecular complexity index is 934. The van der Waals surface area contributed by atoms with Crippen LogP contribution >= 0.6 is 0 Å². The maximum atomic E-state index is 12.8. The van der Waals surface area contributed by atoms with Gasteiger partial charge in [-0.25, -0.2) is 9.97 Å². The fraction of sp³-hybridized carbons (Fsp3) is 0.389. The number of piperidine rings is 1. The van der Waals surface area contributed by atoms with Gasteiger partial charge in [-0.3, -0.25) is 4.68 Å². The van der Waals surface area contributed by atoms with Gasteiger partial charge in [-0.15, -0.1) is 0 Å². The normalized spacial score (nSPS) is 18.5. The van der Waals surface area contributed by atoms with Crippen molar-refractivity contribution in [1.82, 2.24) is 19.7 Å². The van der Waals surface area contributed by atoms with Gasteiger partial charge >= 0.3 is 6.18 Å². The quantitative estimate of drug-likeness (QED) is 0.692. The molecule has 0 saturated carbocycles. The smallest absolute Gasteiger partial charge is 0.354 e. The number of hydrogen-bond acceptors (Lipinski definition) is 4. The summed E-state index contributed by atoms with van der Waals surface area (Å²) in [5.74, 6) is 0.826. The van der Waals surface area contributed by atoms with Crippen molar-refractivity contribution in [2.24, 2.45) is 0 Å². The first kappa shape index (κ1) is 16.8. The minimum absolute atomic E-state index is 0.116. The number of nitrogens with zero attached hydrogens (tertiary/aromatic N) is 5. The van der Waals surface area contributed by atoms with Gasteiger partial charge < -0.3 is 4.90 Å². The van der Waals surface area contributed by atoms with Crippen molar-refractivity contribution in [3.8, 4) is 0 Å². The van der Waals surface area contributed by atoms with Crippen LogP contribution in [0.3, 0.4) is 0 Å². The summed E-state index contributed by atoms with van der Waals surface area (Å²) >= 11 is 0. The van der Waals surface area contributed by atoms with Gasteiger partial charge in [-0.2, -0.15) is 18.3 Å². The zero-order chi connectivity index (χ0) is 18.3. The molecule has 1 unspecified atom stereocenters. The van der Waals surface area contributed by atoms with Crippen LogP contribution in [0.15, 0.2) is 36.8 Å². The number of rotatable bonds is 2. The molecule has 0 N–H and O–H groups in total. The number of aromatic nitrogens is 4. The van der Waals surface area contributed by atoms with Crippen LogP contribution in [-0.4, -0.2) is 32.8 Å². The Labute approximate surface area is 148 Å². The molecule has 4 rings (SSSR count). The van der Waals surface area contributed by atoms with Gasteiger partial charge in [-0.05, 0) is 38.0 Å². The lowest BCUT2D eigenvalue weighted by molar-refractivity contribution is -0.141. The van der Waals surface area contributed by atoms with Crippen LogP contribution in [0.4, 0.5) is 19.0 Å². The van der Waals surface area contributed by atoms with Crippen molar-refractivity contribution in [1.29, 1.82) is 0 Å². The van der Waals surface area contributed by atoms with Gasteiger partial charge in [0.25, 0.3) is 0 Å².